The summed E-state index contributed by atoms with van der Waals surface area (Å²) in [5, 5.41) is 3.55. The van der Waals surface area contributed by atoms with Gasteiger partial charge in [0.25, 0.3) is 0 Å². The van der Waals surface area contributed by atoms with E-state index in [2.05, 4.69) is 50.2 Å². The quantitative estimate of drug-likeness (QED) is 0.130. The largest absolute Gasteiger partial charge is 0.587 e. The molecule has 0 saturated carbocycles. The number of amides is 1. The van der Waals surface area contributed by atoms with E-state index in [4.69, 9.17) is 0 Å². The molecule has 0 N–H and O–H groups in total. The summed E-state index contributed by atoms with van der Waals surface area (Å²) in [5.74, 6) is -0.807. The summed E-state index contributed by atoms with van der Waals surface area (Å²) in [5.41, 5.74) is 11.2. The summed E-state index contributed by atoms with van der Waals surface area (Å²) >= 11 is -1.68. The zero-order valence-corrected chi connectivity index (χ0v) is 27.1. The van der Waals surface area contributed by atoms with Crippen LogP contribution in [0.1, 0.15) is 51.3 Å². The molecule has 5 nitrogen and oxygen atoms in total. The number of rotatable bonds is 7. The Kier molecular flexibility index (Phi) is 8.47. The maximum absolute atomic E-state index is 14.7. The van der Waals surface area contributed by atoms with Gasteiger partial charge in [-0.15, -0.1) is 4.91 Å². The van der Waals surface area contributed by atoms with Gasteiger partial charge in [-0.2, -0.15) is 3.97 Å². The number of nitroso groups, excluding NO2 is 1. The summed E-state index contributed by atoms with van der Waals surface area (Å²) < 4.78 is 30.6. The molecule has 46 heavy (non-hydrogen) atoms. The number of alkyl halides is 1. The Balaban J connectivity index is 1.66. The van der Waals surface area contributed by atoms with E-state index in [-0.39, 0.29) is 5.56 Å². The molecule has 6 aromatic rings. The minimum absolute atomic E-state index is 0.240. The van der Waals surface area contributed by atoms with Gasteiger partial charge < -0.3 is 4.55 Å². The third-order valence-corrected chi connectivity index (χ3v) is 9.91. The zero-order chi connectivity index (χ0) is 32.7. The fraction of sp³-hybridized carbons (Fsp3) is 0.154. The second kappa shape index (κ2) is 12.5. The maximum Gasteiger partial charge on any atom is 0.316 e. The first-order valence-corrected chi connectivity index (χ1v) is 16.2. The van der Waals surface area contributed by atoms with Gasteiger partial charge in [0.2, 0.25) is 0 Å². The third-order valence-electron chi connectivity index (χ3n) is 8.52. The predicted octanol–water partition coefficient (Wildman–Crippen LogP) is 10.4. The van der Waals surface area contributed by atoms with Gasteiger partial charge in [-0.05, 0) is 116 Å². The van der Waals surface area contributed by atoms with Crippen LogP contribution < -0.4 is 0 Å². The molecule has 1 aromatic heterocycles. The Morgan fingerprint density at radius 2 is 1.46 bits per heavy atom. The molecule has 0 saturated heterocycles. The fourth-order valence-corrected chi connectivity index (χ4v) is 7.51. The minimum atomic E-state index is -1.68. The molecule has 0 aliphatic carbocycles. The van der Waals surface area contributed by atoms with Crippen LogP contribution in [0, 0.1) is 32.6 Å². The highest BCUT2D eigenvalue weighted by Gasteiger charge is 2.30. The van der Waals surface area contributed by atoms with Crippen molar-refractivity contribution in [2.75, 3.05) is 0 Å². The van der Waals surface area contributed by atoms with Gasteiger partial charge in [-0.25, -0.2) is 4.39 Å². The van der Waals surface area contributed by atoms with E-state index in [1.54, 1.807) is 36.4 Å². The second-order valence-corrected chi connectivity index (χ2v) is 13.1. The van der Waals surface area contributed by atoms with Gasteiger partial charge in [0.05, 0.1) is 5.52 Å². The van der Waals surface area contributed by atoms with E-state index >= 15 is 0 Å². The molecule has 2 unspecified atom stereocenters. The van der Waals surface area contributed by atoms with Crippen molar-refractivity contribution in [2.45, 2.75) is 45.7 Å². The van der Waals surface area contributed by atoms with Crippen LogP contribution in [0.3, 0.4) is 0 Å². The van der Waals surface area contributed by atoms with Gasteiger partial charge in [-0.3, -0.25) is 4.79 Å². The number of nitrogens with zero attached hydrogens (tertiary/aromatic N) is 2. The number of aromatic nitrogens is 1. The van der Waals surface area contributed by atoms with Crippen molar-refractivity contribution < 1.29 is 13.7 Å². The first-order chi connectivity index (χ1) is 22.1. The normalized spacial score (nSPS) is 12.7. The van der Waals surface area contributed by atoms with Crippen molar-refractivity contribution in [3.8, 4) is 33.5 Å². The number of hydrogen-bond donors (Lipinski definition) is 0. The standard InChI is InChI=1S/C39H33FN2O3S/c1-23-12-19-35-34(20-23)37(36-24(2)8-6-9-25(36)3)38(42(35)46(45)32-16-13-28(14-17-32)27(5)40)30-11-7-10-29(22-30)33-18-15-31(21-26(33)4)39(43)41-44/h6-22,27H,1-5H3. The summed E-state index contributed by atoms with van der Waals surface area (Å²) in [6.45, 7) is 9.62. The summed E-state index contributed by atoms with van der Waals surface area (Å²) in [7, 11) is 0. The lowest BCUT2D eigenvalue weighted by atomic mass is 9.90. The van der Waals surface area contributed by atoms with Gasteiger partial charge in [0, 0.05) is 27.3 Å². The Hall–Kier alpha value is -4.85. The molecule has 2 atom stereocenters. The molecule has 1 amide bonds. The maximum atomic E-state index is 14.7. The number of hydrogen-bond acceptors (Lipinski definition) is 3. The smallest absolute Gasteiger partial charge is 0.316 e. The third kappa shape index (κ3) is 5.57. The van der Waals surface area contributed by atoms with Gasteiger partial charge in [0.1, 0.15) is 23.2 Å². The van der Waals surface area contributed by atoms with Crippen LogP contribution in [-0.2, 0) is 11.4 Å². The highest BCUT2D eigenvalue weighted by atomic mass is 32.2. The van der Waals surface area contributed by atoms with Gasteiger partial charge in [0.15, 0.2) is 4.90 Å². The molecule has 230 valence electrons. The first-order valence-electron chi connectivity index (χ1n) is 15.1. The Bertz CT molecular complexity index is 2110. The van der Waals surface area contributed by atoms with Gasteiger partial charge in [-0.1, -0.05) is 66.2 Å². The van der Waals surface area contributed by atoms with Crippen LogP contribution >= 0.6 is 0 Å². The van der Waals surface area contributed by atoms with Crippen molar-refractivity contribution >= 4 is 28.2 Å². The molecule has 0 fully saturated rings. The van der Waals surface area contributed by atoms with Crippen LogP contribution in [0.4, 0.5) is 4.39 Å². The van der Waals surface area contributed by atoms with E-state index in [0.717, 1.165) is 66.7 Å². The van der Waals surface area contributed by atoms with Crippen molar-refractivity contribution in [3.05, 3.63) is 141 Å². The van der Waals surface area contributed by atoms with Crippen molar-refractivity contribution in [1.82, 2.24) is 3.97 Å². The SMILES string of the molecule is Cc1ccc2c(c1)c(-c1c(C)cccc1C)c(-c1cccc(-c3ccc(C(=O)N=O)cc3C)c1)n2[S+]([O-])c1ccc(C(C)F)cc1. The zero-order valence-electron chi connectivity index (χ0n) is 26.3. The van der Waals surface area contributed by atoms with E-state index in [0.29, 0.717) is 10.5 Å². The van der Waals surface area contributed by atoms with Crippen LogP contribution in [0.5, 0.6) is 0 Å². The molecular formula is C39H33FN2O3S. The van der Waals surface area contributed by atoms with E-state index in [1.807, 2.05) is 53.4 Å². The van der Waals surface area contributed by atoms with Crippen molar-refractivity contribution in [2.24, 2.45) is 5.18 Å². The van der Waals surface area contributed by atoms with Crippen molar-refractivity contribution in [3.63, 3.8) is 0 Å². The average molecular weight is 629 g/mol. The molecule has 7 heteroatoms. The van der Waals surface area contributed by atoms with Crippen LogP contribution in [0.25, 0.3) is 44.4 Å². The number of benzene rings is 5. The highest BCUT2D eigenvalue weighted by molar-refractivity contribution is 7.90. The number of carbonyl (C=O) groups excluding carboxylic acids is 1. The Labute approximate surface area is 271 Å². The van der Waals surface area contributed by atoms with E-state index in [1.165, 1.54) is 6.92 Å². The van der Waals surface area contributed by atoms with E-state index < -0.39 is 23.4 Å². The number of aryl methyl sites for hydroxylation is 4. The van der Waals surface area contributed by atoms with Crippen LogP contribution in [0.15, 0.2) is 113 Å². The van der Waals surface area contributed by atoms with Gasteiger partial charge >= 0.3 is 5.91 Å². The number of fused-ring (bicyclic) bond motifs is 1. The van der Waals surface area contributed by atoms with Crippen LogP contribution in [-0.4, -0.2) is 14.4 Å². The topological polar surface area (TPSA) is 74.5 Å². The second-order valence-electron chi connectivity index (χ2n) is 11.7. The molecule has 1 heterocycles. The highest BCUT2D eigenvalue weighted by Crippen LogP contribution is 2.46. The molecule has 0 aliphatic heterocycles. The molecule has 0 aliphatic rings. The minimum Gasteiger partial charge on any atom is -0.587 e. The number of carbonyl (C=O) groups is 1. The molecule has 0 radical (unpaired) electrons. The molecule has 5 aromatic carbocycles. The number of halogens is 1. The Morgan fingerprint density at radius 3 is 2.11 bits per heavy atom. The first kappa shape index (κ1) is 31.1. The van der Waals surface area contributed by atoms with Crippen molar-refractivity contribution in [1.29, 1.82) is 0 Å². The summed E-state index contributed by atoms with van der Waals surface area (Å²) in [4.78, 5) is 23.3. The predicted molar refractivity (Wildman–Crippen MR) is 185 cm³/mol. The fourth-order valence-electron chi connectivity index (χ4n) is 6.23. The lowest BCUT2D eigenvalue weighted by Gasteiger charge is -2.18. The van der Waals surface area contributed by atoms with Crippen LogP contribution in [0.2, 0.25) is 0 Å². The Morgan fingerprint density at radius 1 is 0.783 bits per heavy atom. The van der Waals surface area contributed by atoms with E-state index in [9.17, 15) is 18.6 Å². The summed E-state index contributed by atoms with van der Waals surface area (Å²) in [6, 6.07) is 32.4. The lowest BCUT2D eigenvalue weighted by molar-refractivity contribution is 0.100. The molecule has 6 rings (SSSR count). The summed E-state index contributed by atoms with van der Waals surface area (Å²) in [6.07, 6.45) is -1.13. The molecule has 0 spiro atoms. The molecule has 0 bridgehead atoms. The molecular weight excluding hydrogens is 596 g/mol. The average Bonchev–Trinajstić information content (AvgIpc) is 3.37. The monoisotopic (exact) mass is 628 g/mol. The lowest BCUT2D eigenvalue weighted by Crippen LogP contribution is -2.14.